The van der Waals surface area contributed by atoms with Crippen LogP contribution in [0.5, 0.6) is 0 Å². The molecular formula is C21H20N2O2S. The number of Topliss-reactive ketones (excluding diaryl/α,β-unsaturated/α-hetero) is 1. The molecule has 0 fully saturated rings. The monoisotopic (exact) mass is 364 g/mol. The maximum atomic E-state index is 12.3. The van der Waals surface area contributed by atoms with E-state index in [4.69, 9.17) is 0 Å². The molecule has 1 amide bonds. The summed E-state index contributed by atoms with van der Waals surface area (Å²) in [4.78, 5) is 28.3. The van der Waals surface area contributed by atoms with E-state index in [1.54, 1.807) is 24.3 Å². The van der Waals surface area contributed by atoms with Gasteiger partial charge in [0.25, 0.3) is 0 Å². The Hall–Kier alpha value is -2.79. The zero-order valence-electron chi connectivity index (χ0n) is 14.8. The Morgan fingerprint density at radius 2 is 1.88 bits per heavy atom. The summed E-state index contributed by atoms with van der Waals surface area (Å²) in [7, 11) is 0. The molecule has 3 rings (SSSR count). The van der Waals surface area contributed by atoms with Crippen LogP contribution >= 0.6 is 11.3 Å². The Balaban J connectivity index is 1.65. The van der Waals surface area contributed by atoms with E-state index in [1.165, 1.54) is 23.8 Å². The van der Waals surface area contributed by atoms with Crippen molar-refractivity contribution in [3.8, 4) is 10.6 Å². The molecule has 0 saturated carbocycles. The highest BCUT2D eigenvalue weighted by Gasteiger charge is 2.10. The van der Waals surface area contributed by atoms with Crippen molar-refractivity contribution in [1.29, 1.82) is 0 Å². The molecule has 26 heavy (non-hydrogen) atoms. The molecule has 0 spiro atoms. The molecule has 2 aromatic carbocycles. The lowest BCUT2D eigenvalue weighted by atomic mass is 10.1. The van der Waals surface area contributed by atoms with Crippen LogP contribution in [-0.4, -0.2) is 16.7 Å². The first-order chi connectivity index (χ1) is 12.5. The van der Waals surface area contributed by atoms with Gasteiger partial charge in [-0.15, -0.1) is 11.3 Å². The number of carbonyl (C=O) groups excluding carboxylic acids is 2. The quantitative estimate of drug-likeness (QED) is 0.642. The molecule has 1 heterocycles. The number of nitrogens with zero attached hydrogens (tertiary/aromatic N) is 1. The van der Waals surface area contributed by atoms with Gasteiger partial charge < -0.3 is 5.32 Å². The van der Waals surface area contributed by atoms with Gasteiger partial charge in [0, 0.05) is 22.2 Å². The topological polar surface area (TPSA) is 59.1 Å². The Morgan fingerprint density at radius 1 is 1.12 bits per heavy atom. The first kappa shape index (κ1) is 18.0. The van der Waals surface area contributed by atoms with E-state index in [1.807, 2.05) is 5.38 Å². The van der Waals surface area contributed by atoms with E-state index < -0.39 is 0 Å². The van der Waals surface area contributed by atoms with Crippen LogP contribution < -0.4 is 5.32 Å². The van der Waals surface area contributed by atoms with Gasteiger partial charge in [0.15, 0.2) is 5.78 Å². The first-order valence-electron chi connectivity index (χ1n) is 8.49. The van der Waals surface area contributed by atoms with E-state index in [-0.39, 0.29) is 18.1 Å². The van der Waals surface area contributed by atoms with Crippen molar-refractivity contribution in [2.75, 3.05) is 5.32 Å². The number of anilines is 1. The lowest BCUT2D eigenvalue weighted by molar-refractivity contribution is -0.115. The largest absolute Gasteiger partial charge is 0.326 e. The molecule has 0 aliphatic heterocycles. The van der Waals surface area contributed by atoms with Crippen LogP contribution in [0.25, 0.3) is 10.6 Å². The average molecular weight is 364 g/mol. The molecule has 0 saturated heterocycles. The van der Waals surface area contributed by atoms with Gasteiger partial charge in [0.1, 0.15) is 5.01 Å². The second-order valence-electron chi connectivity index (χ2n) is 6.06. The summed E-state index contributed by atoms with van der Waals surface area (Å²) in [5, 5.41) is 5.65. The molecule has 132 valence electrons. The number of amides is 1. The predicted octanol–water partition coefficient (Wildman–Crippen LogP) is 4.76. The van der Waals surface area contributed by atoms with Gasteiger partial charge in [-0.2, -0.15) is 0 Å². The van der Waals surface area contributed by atoms with Crippen molar-refractivity contribution in [3.63, 3.8) is 0 Å². The molecule has 5 heteroatoms. The zero-order chi connectivity index (χ0) is 18.5. The fraction of sp³-hybridized carbons (Fsp3) is 0.190. The molecule has 0 bridgehead atoms. The Labute approximate surface area is 156 Å². The third kappa shape index (κ3) is 4.43. The summed E-state index contributed by atoms with van der Waals surface area (Å²) in [6.07, 6.45) is 1.21. The first-order valence-corrected chi connectivity index (χ1v) is 9.37. The van der Waals surface area contributed by atoms with Crippen LogP contribution in [0.15, 0.2) is 53.9 Å². The summed E-state index contributed by atoms with van der Waals surface area (Å²) in [6, 6.07) is 15.3. The second-order valence-corrected chi connectivity index (χ2v) is 6.91. The van der Waals surface area contributed by atoms with E-state index in [0.717, 1.165) is 22.7 Å². The van der Waals surface area contributed by atoms with E-state index in [0.29, 0.717) is 11.3 Å². The van der Waals surface area contributed by atoms with Crippen molar-refractivity contribution in [2.24, 2.45) is 0 Å². The summed E-state index contributed by atoms with van der Waals surface area (Å²) in [5.41, 5.74) is 4.29. The summed E-state index contributed by atoms with van der Waals surface area (Å²) < 4.78 is 0. The number of aromatic nitrogens is 1. The van der Waals surface area contributed by atoms with Crippen molar-refractivity contribution in [2.45, 2.75) is 26.7 Å². The maximum Gasteiger partial charge on any atom is 0.230 e. The molecule has 0 aliphatic rings. The van der Waals surface area contributed by atoms with Gasteiger partial charge in [0.2, 0.25) is 5.91 Å². The number of hydrogen-bond acceptors (Lipinski definition) is 4. The van der Waals surface area contributed by atoms with Crippen molar-refractivity contribution < 1.29 is 9.59 Å². The highest BCUT2D eigenvalue weighted by atomic mass is 32.1. The number of benzene rings is 2. The minimum atomic E-state index is -0.149. The van der Waals surface area contributed by atoms with Crippen LogP contribution in [0.3, 0.4) is 0 Å². The Morgan fingerprint density at radius 3 is 2.58 bits per heavy atom. The molecule has 0 aliphatic carbocycles. The maximum absolute atomic E-state index is 12.3. The molecule has 0 atom stereocenters. The van der Waals surface area contributed by atoms with E-state index >= 15 is 0 Å². The zero-order valence-corrected chi connectivity index (χ0v) is 15.6. The fourth-order valence-electron chi connectivity index (χ4n) is 2.59. The van der Waals surface area contributed by atoms with Crippen LogP contribution in [0.1, 0.15) is 35.5 Å². The summed E-state index contributed by atoms with van der Waals surface area (Å²) in [5.74, 6) is -0.178. The third-order valence-corrected chi connectivity index (χ3v) is 5.00. The summed E-state index contributed by atoms with van der Waals surface area (Å²) >= 11 is 1.53. The molecule has 1 aromatic heterocycles. The standard InChI is InChI=1S/C21H20N2O2S/c1-3-15-7-9-16(10-8-15)21-23-19(13-26-21)12-20(25)22-18-6-4-5-17(11-18)14(2)24/h4-11,13H,3,12H2,1-2H3,(H,22,25). The number of aryl methyl sites for hydroxylation is 1. The van der Waals surface area contributed by atoms with Crippen LogP contribution in [0, 0.1) is 0 Å². The number of rotatable bonds is 6. The minimum Gasteiger partial charge on any atom is -0.326 e. The third-order valence-electron chi connectivity index (χ3n) is 4.06. The minimum absolute atomic E-state index is 0.0284. The van der Waals surface area contributed by atoms with Crippen LogP contribution in [0.4, 0.5) is 5.69 Å². The molecule has 1 N–H and O–H groups in total. The van der Waals surface area contributed by atoms with Gasteiger partial charge in [-0.3, -0.25) is 9.59 Å². The molecule has 0 unspecified atom stereocenters. The number of ketones is 1. The average Bonchev–Trinajstić information content (AvgIpc) is 3.10. The SMILES string of the molecule is CCc1ccc(-c2nc(CC(=O)Nc3cccc(C(C)=O)c3)cs2)cc1. The molecule has 4 nitrogen and oxygen atoms in total. The predicted molar refractivity (Wildman–Crippen MR) is 106 cm³/mol. The lowest BCUT2D eigenvalue weighted by Gasteiger charge is -2.05. The summed E-state index contributed by atoms with van der Waals surface area (Å²) in [6.45, 7) is 3.63. The fourth-order valence-corrected chi connectivity index (χ4v) is 3.42. The number of thiazole rings is 1. The van der Waals surface area contributed by atoms with Crippen molar-refractivity contribution >= 4 is 28.7 Å². The molecule has 0 radical (unpaired) electrons. The van der Waals surface area contributed by atoms with Crippen LogP contribution in [-0.2, 0) is 17.6 Å². The molecular weight excluding hydrogens is 344 g/mol. The van der Waals surface area contributed by atoms with Gasteiger partial charge in [-0.25, -0.2) is 4.98 Å². The van der Waals surface area contributed by atoms with Gasteiger partial charge in [-0.05, 0) is 31.0 Å². The molecule has 3 aromatic rings. The highest BCUT2D eigenvalue weighted by Crippen LogP contribution is 2.24. The van der Waals surface area contributed by atoms with Gasteiger partial charge in [0.05, 0.1) is 12.1 Å². The number of hydrogen-bond donors (Lipinski definition) is 1. The Bertz CT molecular complexity index is 929. The Kier molecular flexibility index (Phi) is 5.58. The number of carbonyl (C=O) groups is 2. The smallest absolute Gasteiger partial charge is 0.230 e. The van der Waals surface area contributed by atoms with Gasteiger partial charge >= 0.3 is 0 Å². The van der Waals surface area contributed by atoms with Crippen LogP contribution in [0.2, 0.25) is 0 Å². The van der Waals surface area contributed by atoms with Crippen molar-refractivity contribution in [3.05, 3.63) is 70.7 Å². The van der Waals surface area contributed by atoms with Crippen molar-refractivity contribution in [1.82, 2.24) is 4.98 Å². The van der Waals surface area contributed by atoms with E-state index in [2.05, 4.69) is 41.5 Å². The highest BCUT2D eigenvalue weighted by molar-refractivity contribution is 7.13. The lowest BCUT2D eigenvalue weighted by Crippen LogP contribution is -2.14. The number of nitrogens with one attached hydrogen (secondary N) is 1. The van der Waals surface area contributed by atoms with Gasteiger partial charge in [-0.1, -0.05) is 43.3 Å². The van der Waals surface area contributed by atoms with E-state index in [9.17, 15) is 9.59 Å². The second kappa shape index (κ2) is 8.06. The normalized spacial score (nSPS) is 10.5.